The third-order valence-corrected chi connectivity index (χ3v) is 5.57. The minimum atomic E-state index is -0.988. The van der Waals surface area contributed by atoms with Crippen molar-refractivity contribution in [2.45, 2.75) is 33.7 Å². The summed E-state index contributed by atoms with van der Waals surface area (Å²) in [6.07, 6.45) is -0.574. The molecule has 3 N–H and O–H groups in total. The Morgan fingerprint density at radius 1 is 1.05 bits per heavy atom. The first kappa shape index (κ1) is 30.7. The molecule has 0 aliphatic carbocycles. The number of nitro benzene ring substituents is 1. The monoisotopic (exact) mass is 568 g/mol. The molecule has 0 heterocycles. The van der Waals surface area contributed by atoms with Crippen LogP contribution in [-0.4, -0.2) is 48.6 Å². The highest BCUT2D eigenvalue weighted by Crippen LogP contribution is 2.27. The lowest BCUT2D eigenvalue weighted by molar-refractivity contribution is -0.384. The van der Waals surface area contributed by atoms with E-state index in [0.29, 0.717) is 0 Å². The van der Waals surface area contributed by atoms with E-state index in [-0.39, 0.29) is 64.3 Å². The molecular formula is C25H30Cl2N4O7. The molecule has 2 aromatic carbocycles. The van der Waals surface area contributed by atoms with Crippen LogP contribution < -0.4 is 20.7 Å². The predicted octanol–water partition coefficient (Wildman–Crippen LogP) is 5.06. The molecule has 0 fully saturated rings. The van der Waals surface area contributed by atoms with Crippen molar-refractivity contribution in [2.24, 2.45) is 11.8 Å². The van der Waals surface area contributed by atoms with Crippen LogP contribution in [0, 0.1) is 22.0 Å². The average molecular weight is 569 g/mol. The summed E-state index contributed by atoms with van der Waals surface area (Å²) in [5, 5.41) is 19.0. The van der Waals surface area contributed by atoms with Gasteiger partial charge in [-0.05, 0) is 36.1 Å². The molecule has 0 bridgehead atoms. The molecule has 11 nitrogen and oxygen atoms in total. The second kappa shape index (κ2) is 14.4. The maximum absolute atomic E-state index is 13.1. The van der Waals surface area contributed by atoms with Crippen molar-refractivity contribution in [3.63, 3.8) is 0 Å². The lowest BCUT2D eigenvalue weighted by Crippen LogP contribution is -2.47. The molecule has 206 valence electrons. The molecule has 0 saturated heterocycles. The number of anilines is 1. The quantitative estimate of drug-likeness (QED) is 0.184. The largest absolute Gasteiger partial charge is 0.491 e. The molecule has 1 atom stereocenters. The molecule has 0 unspecified atom stereocenters. The van der Waals surface area contributed by atoms with Gasteiger partial charge in [0.15, 0.2) is 0 Å². The lowest BCUT2D eigenvalue weighted by Gasteiger charge is -2.23. The second-order valence-corrected chi connectivity index (χ2v) is 9.86. The standard InChI is InChI=1S/C25H30Cl2N4O7/c1-14(2)13-38-25(34)28-9-10-37-21-8-5-16(26)11-18(21)23(32)30-22(15(3)4)24(33)29-20-7-6-17(31(35)36)12-19(20)27/h5-8,11-12,14-15,22H,9-10,13H2,1-4H3,(H,28,34)(H,29,33)(H,30,32)/t22-/m0/s1. The van der Waals surface area contributed by atoms with Gasteiger partial charge in [-0.25, -0.2) is 4.79 Å². The fraction of sp³-hybridized carbons (Fsp3) is 0.400. The number of hydrogen-bond acceptors (Lipinski definition) is 7. The van der Waals surface area contributed by atoms with Gasteiger partial charge in [0.2, 0.25) is 5.91 Å². The Morgan fingerprint density at radius 2 is 1.76 bits per heavy atom. The van der Waals surface area contributed by atoms with Gasteiger partial charge < -0.3 is 25.4 Å². The van der Waals surface area contributed by atoms with Crippen molar-refractivity contribution in [1.82, 2.24) is 10.6 Å². The van der Waals surface area contributed by atoms with E-state index in [1.54, 1.807) is 19.9 Å². The Bertz CT molecular complexity index is 1170. The van der Waals surface area contributed by atoms with E-state index in [4.69, 9.17) is 32.7 Å². The number of nitrogens with zero attached hydrogens (tertiary/aromatic N) is 1. The summed E-state index contributed by atoms with van der Waals surface area (Å²) in [5.41, 5.74) is 0.0258. The van der Waals surface area contributed by atoms with Gasteiger partial charge in [0, 0.05) is 17.2 Å². The van der Waals surface area contributed by atoms with Gasteiger partial charge in [-0.2, -0.15) is 0 Å². The smallest absolute Gasteiger partial charge is 0.407 e. The van der Waals surface area contributed by atoms with Gasteiger partial charge in [0.25, 0.3) is 11.6 Å². The van der Waals surface area contributed by atoms with Gasteiger partial charge in [0.1, 0.15) is 18.4 Å². The van der Waals surface area contributed by atoms with E-state index >= 15 is 0 Å². The normalized spacial score (nSPS) is 11.6. The van der Waals surface area contributed by atoms with Crippen LogP contribution in [0.1, 0.15) is 38.1 Å². The lowest BCUT2D eigenvalue weighted by atomic mass is 10.0. The predicted molar refractivity (Wildman–Crippen MR) is 144 cm³/mol. The van der Waals surface area contributed by atoms with Gasteiger partial charge in [-0.1, -0.05) is 50.9 Å². The minimum absolute atomic E-state index is 0.0198. The molecule has 38 heavy (non-hydrogen) atoms. The van der Waals surface area contributed by atoms with E-state index in [9.17, 15) is 24.5 Å². The number of non-ortho nitro benzene ring substituents is 1. The topological polar surface area (TPSA) is 149 Å². The highest BCUT2D eigenvalue weighted by molar-refractivity contribution is 6.34. The molecule has 0 radical (unpaired) electrons. The molecule has 0 spiro atoms. The molecule has 13 heteroatoms. The number of halogens is 2. The number of alkyl carbamates (subject to hydrolysis) is 1. The summed E-state index contributed by atoms with van der Waals surface area (Å²) in [5.74, 6) is -1.12. The van der Waals surface area contributed by atoms with Crippen molar-refractivity contribution < 1.29 is 28.8 Å². The Balaban J connectivity index is 2.07. The van der Waals surface area contributed by atoms with E-state index in [2.05, 4.69) is 16.0 Å². The SMILES string of the molecule is CC(C)COC(=O)NCCOc1ccc(Cl)cc1C(=O)N[C@H](C(=O)Nc1ccc([N+](=O)[O-])cc1Cl)C(C)C. The first-order valence-electron chi connectivity index (χ1n) is 11.8. The number of amides is 3. The second-order valence-electron chi connectivity index (χ2n) is 9.01. The number of benzene rings is 2. The Morgan fingerprint density at radius 3 is 2.37 bits per heavy atom. The van der Waals surface area contributed by atoms with E-state index in [1.807, 2.05) is 13.8 Å². The van der Waals surface area contributed by atoms with Crippen LogP contribution >= 0.6 is 23.2 Å². The molecule has 0 aromatic heterocycles. The summed E-state index contributed by atoms with van der Waals surface area (Å²) in [7, 11) is 0. The van der Waals surface area contributed by atoms with Crippen LogP contribution in [0.3, 0.4) is 0 Å². The first-order chi connectivity index (χ1) is 17.9. The molecule has 2 rings (SSSR count). The summed E-state index contributed by atoms with van der Waals surface area (Å²) in [4.78, 5) is 48.1. The van der Waals surface area contributed by atoms with Crippen molar-refractivity contribution in [3.05, 3.63) is 62.1 Å². The van der Waals surface area contributed by atoms with E-state index in [0.717, 1.165) is 6.07 Å². The zero-order valence-electron chi connectivity index (χ0n) is 21.4. The number of rotatable bonds is 12. The fourth-order valence-corrected chi connectivity index (χ4v) is 3.49. The van der Waals surface area contributed by atoms with E-state index < -0.39 is 28.9 Å². The van der Waals surface area contributed by atoms with Gasteiger partial charge >= 0.3 is 6.09 Å². The zero-order valence-corrected chi connectivity index (χ0v) is 22.9. The molecule has 0 saturated carbocycles. The molecular weight excluding hydrogens is 539 g/mol. The summed E-state index contributed by atoms with van der Waals surface area (Å²) in [6, 6.07) is 7.11. The van der Waals surface area contributed by atoms with Gasteiger partial charge in [0.05, 0.1) is 34.3 Å². The van der Waals surface area contributed by atoms with Crippen LogP contribution in [0.5, 0.6) is 5.75 Å². The molecule has 0 aliphatic heterocycles. The van der Waals surface area contributed by atoms with Crippen molar-refractivity contribution in [2.75, 3.05) is 25.1 Å². The highest BCUT2D eigenvalue weighted by atomic mass is 35.5. The first-order valence-corrected chi connectivity index (χ1v) is 12.5. The summed E-state index contributed by atoms with van der Waals surface area (Å²) < 4.78 is 10.7. The number of carbonyl (C=O) groups excluding carboxylic acids is 3. The summed E-state index contributed by atoms with van der Waals surface area (Å²) >= 11 is 12.2. The molecule has 3 amide bonds. The maximum atomic E-state index is 13.1. The number of nitrogens with one attached hydrogen (secondary N) is 3. The average Bonchev–Trinajstić information content (AvgIpc) is 2.85. The van der Waals surface area contributed by atoms with Crippen LogP contribution in [0.25, 0.3) is 0 Å². The number of carbonyl (C=O) groups is 3. The van der Waals surface area contributed by atoms with Crippen LogP contribution in [0.15, 0.2) is 36.4 Å². The Hall–Kier alpha value is -3.57. The van der Waals surface area contributed by atoms with Crippen molar-refractivity contribution >= 4 is 52.5 Å². The Kier molecular flexibility index (Phi) is 11.6. The maximum Gasteiger partial charge on any atom is 0.407 e. The van der Waals surface area contributed by atoms with Crippen LogP contribution in [-0.2, 0) is 9.53 Å². The third kappa shape index (κ3) is 9.38. The third-order valence-electron chi connectivity index (χ3n) is 5.02. The highest BCUT2D eigenvalue weighted by Gasteiger charge is 2.27. The van der Waals surface area contributed by atoms with Gasteiger partial charge in [-0.3, -0.25) is 19.7 Å². The van der Waals surface area contributed by atoms with Crippen molar-refractivity contribution in [3.8, 4) is 5.75 Å². The number of ether oxygens (including phenoxy) is 2. The number of nitro groups is 1. The van der Waals surface area contributed by atoms with Gasteiger partial charge in [-0.15, -0.1) is 0 Å². The summed E-state index contributed by atoms with van der Waals surface area (Å²) in [6.45, 7) is 7.78. The molecule has 0 aliphatic rings. The van der Waals surface area contributed by atoms with Crippen LogP contribution in [0.4, 0.5) is 16.2 Å². The fourth-order valence-electron chi connectivity index (χ4n) is 3.10. The Labute approximate surface area is 230 Å². The molecule has 2 aromatic rings. The van der Waals surface area contributed by atoms with Crippen LogP contribution in [0.2, 0.25) is 10.0 Å². The minimum Gasteiger partial charge on any atom is -0.491 e. The zero-order chi connectivity index (χ0) is 28.4. The van der Waals surface area contributed by atoms with E-state index in [1.165, 1.54) is 24.3 Å². The number of hydrogen-bond donors (Lipinski definition) is 3. The van der Waals surface area contributed by atoms with Crippen molar-refractivity contribution in [1.29, 1.82) is 0 Å².